The molecule has 2 atom stereocenters. The molecule has 0 unspecified atom stereocenters. The summed E-state index contributed by atoms with van der Waals surface area (Å²) in [5, 5.41) is -0.408. The van der Waals surface area contributed by atoms with Crippen LogP contribution in [0.25, 0.3) is 0 Å². The summed E-state index contributed by atoms with van der Waals surface area (Å²) in [4.78, 5) is 23.3. The van der Waals surface area contributed by atoms with E-state index in [1.165, 1.54) is 11.8 Å². The van der Waals surface area contributed by atoms with Gasteiger partial charge in [0.15, 0.2) is 0 Å². The first-order valence-corrected chi connectivity index (χ1v) is 6.33. The Morgan fingerprint density at radius 2 is 1.62 bits per heavy atom. The van der Waals surface area contributed by atoms with Gasteiger partial charge < -0.3 is 9.47 Å². The maximum atomic E-state index is 11.7. The highest BCUT2D eigenvalue weighted by Gasteiger charge is 2.57. The molecule has 1 saturated heterocycles. The molecule has 92 valence electrons. The summed E-state index contributed by atoms with van der Waals surface area (Å²) in [6, 6.07) is 0. The number of ether oxygens (including phenoxy) is 2. The van der Waals surface area contributed by atoms with Gasteiger partial charge in [-0.3, -0.25) is 9.59 Å². The Morgan fingerprint density at radius 1 is 1.12 bits per heavy atom. The Kier molecular flexibility index (Phi) is 4.24. The van der Waals surface area contributed by atoms with Crippen LogP contribution in [0.2, 0.25) is 0 Å². The molecule has 0 aliphatic carbocycles. The van der Waals surface area contributed by atoms with Crippen LogP contribution < -0.4 is 0 Å². The third-order valence-corrected chi connectivity index (χ3v) is 4.12. The van der Waals surface area contributed by atoms with Crippen molar-refractivity contribution in [3.8, 4) is 0 Å². The van der Waals surface area contributed by atoms with Gasteiger partial charge in [0.25, 0.3) is 0 Å². The molecule has 0 bridgehead atoms. The van der Waals surface area contributed by atoms with E-state index < -0.39 is 11.2 Å². The molecule has 4 nitrogen and oxygen atoms in total. The first-order valence-electron chi connectivity index (χ1n) is 5.45. The number of hydrogen-bond acceptors (Lipinski definition) is 5. The molecule has 1 rings (SSSR count). The van der Waals surface area contributed by atoms with Crippen molar-refractivity contribution in [2.75, 3.05) is 13.2 Å². The smallest absolute Gasteiger partial charge is 0.320 e. The maximum Gasteiger partial charge on any atom is 0.320 e. The van der Waals surface area contributed by atoms with E-state index in [2.05, 4.69) is 0 Å². The predicted octanol–water partition coefficient (Wildman–Crippen LogP) is 1.62. The van der Waals surface area contributed by atoms with Gasteiger partial charge in [-0.05, 0) is 27.7 Å². The summed E-state index contributed by atoms with van der Waals surface area (Å²) >= 11 is 1.47. The lowest BCUT2D eigenvalue weighted by Gasteiger charge is -2.47. The lowest BCUT2D eigenvalue weighted by molar-refractivity contribution is -0.156. The molecule has 0 aromatic carbocycles. The average molecular weight is 246 g/mol. The number of hydrogen-bond donors (Lipinski definition) is 0. The van der Waals surface area contributed by atoms with Gasteiger partial charge >= 0.3 is 11.9 Å². The highest BCUT2D eigenvalue weighted by atomic mass is 32.2. The molecule has 0 saturated carbocycles. The van der Waals surface area contributed by atoms with E-state index in [1.54, 1.807) is 13.8 Å². The van der Waals surface area contributed by atoms with E-state index in [-0.39, 0.29) is 16.7 Å². The lowest BCUT2D eigenvalue weighted by atomic mass is 9.89. The molecule has 16 heavy (non-hydrogen) atoms. The Hall–Kier alpha value is -0.710. The minimum absolute atomic E-state index is 0.246. The Labute approximate surface area is 100 Å². The summed E-state index contributed by atoms with van der Waals surface area (Å²) in [7, 11) is 0. The normalized spacial score (nSPS) is 26.8. The Balaban J connectivity index is 2.68. The second kappa shape index (κ2) is 5.08. The summed E-state index contributed by atoms with van der Waals surface area (Å²) in [6.07, 6.45) is 0. The van der Waals surface area contributed by atoms with Gasteiger partial charge in [-0.1, -0.05) is 0 Å². The van der Waals surface area contributed by atoms with Crippen molar-refractivity contribution < 1.29 is 19.1 Å². The van der Waals surface area contributed by atoms with Gasteiger partial charge in [-0.2, -0.15) is 0 Å². The molecule has 0 N–H and O–H groups in total. The molecular weight excluding hydrogens is 228 g/mol. The zero-order chi connectivity index (χ0) is 12.3. The summed E-state index contributed by atoms with van der Waals surface area (Å²) in [5.41, 5.74) is 0. The Morgan fingerprint density at radius 3 is 2.06 bits per heavy atom. The maximum absolute atomic E-state index is 11.7. The van der Waals surface area contributed by atoms with E-state index in [0.29, 0.717) is 13.2 Å². The first kappa shape index (κ1) is 13.4. The van der Waals surface area contributed by atoms with Gasteiger partial charge in [0.05, 0.1) is 19.1 Å². The fourth-order valence-corrected chi connectivity index (χ4v) is 3.37. The van der Waals surface area contributed by atoms with Crippen molar-refractivity contribution >= 4 is 23.7 Å². The molecule has 1 aliphatic heterocycles. The van der Waals surface area contributed by atoms with E-state index in [4.69, 9.17) is 9.47 Å². The molecule has 0 aromatic rings. The van der Waals surface area contributed by atoms with Crippen molar-refractivity contribution in [1.82, 2.24) is 0 Å². The second-order valence-corrected chi connectivity index (χ2v) is 5.92. The molecule has 0 aromatic heterocycles. The molecule has 5 heteroatoms. The molecule has 1 aliphatic rings. The topological polar surface area (TPSA) is 52.6 Å². The molecule has 0 amide bonds. The van der Waals surface area contributed by atoms with Crippen molar-refractivity contribution in [3.05, 3.63) is 0 Å². The minimum atomic E-state index is -0.408. The van der Waals surface area contributed by atoms with Crippen LogP contribution in [0.1, 0.15) is 27.7 Å². The van der Waals surface area contributed by atoms with Gasteiger partial charge in [0.2, 0.25) is 0 Å². The van der Waals surface area contributed by atoms with Crippen LogP contribution in [0.3, 0.4) is 0 Å². The monoisotopic (exact) mass is 246 g/mol. The zero-order valence-electron chi connectivity index (χ0n) is 10.1. The molecule has 0 radical (unpaired) electrons. The van der Waals surface area contributed by atoms with Crippen LogP contribution in [0.5, 0.6) is 0 Å². The average Bonchev–Trinajstić information content (AvgIpc) is 2.15. The molecular formula is C11H18O4S. The highest BCUT2D eigenvalue weighted by Crippen LogP contribution is 2.52. The van der Waals surface area contributed by atoms with Crippen LogP contribution in [0, 0.1) is 5.92 Å². The molecule has 1 fully saturated rings. The third-order valence-electron chi connectivity index (χ3n) is 2.54. The second-order valence-electron chi connectivity index (χ2n) is 4.12. The van der Waals surface area contributed by atoms with Crippen LogP contribution >= 0.6 is 11.8 Å². The summed E-state index contributed by atoms with van der Waals surface area (Å²) in [6.45, 7) is 8.07. The van der Waals surface area contributed by atoms with Crippen molar-refractivity contribution in [1.29, 1.82) is 0 Å². The van der Waals surface area contributed by atoms with E-state index in [9.17, 15) is 9.59 Å². The SMILES string of the molecule is CCOC(=O)[C@H]1SC(C)(C)[C@@H]1C(=O)OCC. The first-order chi connectivity index (χ1) is 7.44. The number of carbonyl (C=O) groups is 2. The van der Waals surface area contributed by atoms with E-state index >= 15 is 0 Å². The number of esters is 2. The van der Waals surface area contributed by atoms with Crippen LogP contribution in [-0.4, -0.2) is 35.1 Å². The predicted molar refractivity (Wildman–Crippen MR) is 62.2 cm³/mol. The van der Waals surface area contributed by atoms with Gasteiger partial charge in [-0.25, -0.2) is 0 Å². The van der Waals surface area contributed by atoms with Gasteiger partial charge in [-0.15, -0.1) is 11.8 Å². The number of carbonyl (C=O) groups excluding carboxylic acids is 2. The quantitative estimate of drug-likeness (QED) is 0.706. The largest absolute Gasteiger partial charge is 0.466 e. The standard InChI is InChI=1S/C11H18O4S/c1-5-14-9(12)7-8(10(13)15-6-2)16-11(7,3)4/h7-8H,5-6H2,1-4H3/t7-,8-/m0/s1. The van der Waals surface area contributed by atoms with E-state index in [1.807, 2.05) is 13.8 Å². The number of thioether (sulfide) groups is 1. The third kappa shape index (κ3) is 2.51. The van der Waals surface area contributed by atoms with Crippen molar-refractivity contribution in [2.24, 2.45) is 5.92 Å². The van der Waals surface area contributed by atoms with Crippen molar-refractivity contribution in [3.63, 3.8) is 0 Å². The summed E-state index contributed by atoms with van der Waals surface area (Å²) in [5.74, 6) is -1.01. The van der Waals surface area contributed by atoms with Crippen LogP contribution in [0.4, 0.5) is 0 Å². The fraction of sp³-hybridized carbons (Fsp3) is 0.818. The van der Waals surface area contributed by atoms with Gasteiger partial charge in [0.1, 0.15) is 5.25 Å². The fourth-order valence-electron chi connectivity index (χ4n) is 1.81. The molecule has 0 spiro atoms. The number of rotatable bonds is 4. The van der Waals surface area contributed by atoms with Crippen LogP contribution in [0.15, 0.2) is 0 Å². The van der Waals surface area contributed by atoms with Crippen LogP contribution in [-0.2, 0) is 19.1 Å². The highest BCUT2D eigenvalue weighted by molar-refractivity contribution is 8.03. The zero-order valence-corrected chi connectivity index (χ0v) is 10.9. The lowest BCUT2D eigenvalue weighted by Crippen LogP contribution is -2.56. The minimum Gasteiger partial charge on any atom is -0.466 e. The Bertz CT molecular complexity index is 288. The summed E-state index contributed by atoms with van der Waals surface area (Å²) < 4.78 is 9.66. The molecule has 1 heterocycles. The van der Waals surface area contributed by atoms with E-state index in [0.717, 1.165) is 0 Å². The van der Waals surface area contributed by atoms with Crippen molar-refractivity contribution in [2.45, 2.75) is 37.7 Å². The van der Waals surface area contributed by atoms with Gasteiger partial charge in [0, 0.05) is 4.75 Å².